The molecule has 4 nitrogen and oxygen atoms in total. The van der Waals surface area contributed by atoms with Crippen LogP contribution in [0.25, 0.3) is 0 Å². The minimum Gasteiger partial charge on any atom is -0.481 e. The third kappa shape index (κ3) is 3.17. The van der Waals surface area contributed by atoms with Gasteiger partial charge in [0.25, 0.3) is 0 Å². The Balaban J connectivity index is 1.56. The van der Waals surface area contributed by atoms with Crippen LogP contribution in [0.5, 0.6) is 0 Å². The third-order valence-corrected chi connectivity index (χ3v) is 13.7. The maximum atomic E-state index is 12.9. The lowest BCUT2D eigenvalue weighted by atomic mass is 9.33. The van der Waals surface area contributed by atoms with Gasteiger partial charge in [-0.25, -0.2) is 0 Å². The van der Waals surface area contributed by atoms with E-state index in [-0.39, 0.29) is 39.7 Å². The zero-order valence-electron chi connectivity index (χ0n) is 24.1. The Labute approximate surface area is 219 Å². The van der Waals surface area contributed by atoms with Crippen LogP contribution in [0.4, 0.5) is 0 Å². The molecule has 4 saturated carbocycles. The molecular formula is C32H50O4. The lowest BCUT2D eigenvalue weighted by Crippen LogP contribution is -2.65. The van der Waals surface area contributed by atoms with Crippen LogP contribution in [-0.2, 0) is 14.3 Å². The number of carbonyl (C=O) groups is 2. The van der Waals surface area contributed by atoms with Crippen LogP contribution in [0.3, 0.4) is 0 Å². The zero-order chi connectivity index (χ0) is 26.5. The maximum Gasteiger partial charge on any atom is 0.310 e. The summed E-state index contributed by atoms with van der Waals surface area (Å²) >= 11 is 0. The molecule has 4 fully saturated rings. The van der Waals surface area contributed by atoms with Gasteiger partial charge in [0.1, 0.15) is 6.10 Å². The maximum absolute atomic E-state index is 12.9. The van der Waals surface area contributed by atoms with Gasteiger partial charge in [0.15, 0.2) is 0 Å². The van der Waals surface area contributed by atoms with E-state index in [0.717, 1.165) is 51.4 Å². The van der Waals surface area contributed by atoms with Crippen molar-refractivity contribution in [2.24, 2.45) is 56.7 Å². The van der Waals surface area contributed by atoms with E-state index in [1.807, 2.05) is 0 Å². The molecule has 5 rings (SSSR count). The van der Waals surface area contributed by atoms with Crippen LogP contribution in [0, 0.1) is 56.7 Å². The normalized spacial score (nSPS) is 51.5. The molecule has 0 amide bonds. The van der Waals surface area contributed by atoms with E-state index in [2.05, 4.69) is 54.5 Å². The quantitative estimate of drug-likeness (QED) is 0.313. The summed E-state index contributed by atoms with van der Waals surface area (Å²) in [6, 6.07) is 0. The molecule has 0 bridgehead atoms. The molecule has 0 radical (unpaired) electrons. The predicted octanol–water partition coefficient (Wildman–Crippen LogP) is 7.66. The summed E-state index contributed by atoms with van der Waals surface area (Å²) in [7, 11) is 0. The van der Waals surface area contributed by atoms with Crippen molar-refractivity contribution < 1.29 is 19.4 Å². The molecule has 0 saturated heterocycles. The molecule has 5 aliphatic rings. The van der Waals surface area contributed by atoms with Gasteiger partial charge in [-0.1, -0.05) is 60.1 Å². The van der Waals surface area contributed by atoms with Crippen LogP contribution in [0.2, 0.25) is 0 Å². The second-order valence-corrected chi connectivity index (χ2v) is 15.1. The van der Waals surface area contributed by atoms with Crippen molar-refractivity contribution in [2.45, 2.75) is 119 Å². The predicted molar refractivity (Wildman–Crippen MR) is 142 cm³/mol. The lowest BCUT2D eigenvalue weighted by Gasteiger charge is -2.71. The van der Waals surface area contributed by atoms with Crippen molar-refractivity contribution in [3.05, 3.63) is 11.6 Å². The number of esters is 1. The van der Waals surface area contributed by atoms with Crippen LogP contribution in [0.1, 0.15) is 113 Å². The lowest BCUT2D eigenvalue weighted by molar-refractivity contribution is -0.214. The van der Waals surface area contributed by atoms with E-state index >= 15 is 0 Å². The molecular weight excluding hydrogens is 448 g/mol. The smallest absolute Gasteiger partial charge is 0.310 e. The molecule has 0 aromatic rings. The Morgan fingerprint density at radius 1 is 0.917 bits per heavy atom. The molecule has 0 aromatic carbocycles. The van der Waals surface area contributed by atoms with Gasteiger partial charge in [0, 0.05) is 12.3 Å². The molecule has 202 valence electrons. The topological polar surface area (TPSA) is 63.6 Å². The number of hydrogen-bond acceptors (Lipinski definition) is 3. The van der Waals surface area contributed by atoms with E-state index in [1.54, 1.807) is 6.92 Å². The van der Waals surface area contributed by atoms with E-state index in [0.29, 0.717) is 23.7 Å². The van der Waals surface area contributed by atoms with Gasteiger partial charge < -0.3 is 9.84 Å². The first-order chi connectivity index (χ1) is 16.6. The van der Waals surface area contributed by atoms with Gasteiger partial charge in [-0.3, -0.25) is 9.59 Å². The molecule has 0 aliphatic heterocycles. The summed E-state index contributed by atoms with van der Waals surface area (Å²) < 4.78 is 5.88. The van der Waals surface area contributed by atoms with Crippen molar-refractivity contribution in [3.63, 3.8) is 0 Å². The van der Waals surface area contributed by atoms with Crippen LogP contribution in [0.15, 0.2) is 11.6 Å². The van der Waals surface area contributed by atoms with Crippen molar-refractivity contribution in [3.8, 4) is 0 Å². The number of aliphatic carboxylic acids is 1. The highest BCUT2D eigenvalue weighted by atomic mass is 16.5. The Morgan fingerprint density at radius 2 is 1.61 bits per heavy atom. The van der Waals surface area contributed by atoms with Crippen molar-refractivity contribution in [2.75, 3.05) is 0 Å². The average Bonchev–Trinajstić information content (AvgIpc) is 2.78. The number of carboxylic acids is 1. The Morgan fingerprint density at radius 3 is 2.25 bits per heavy atom. The van der Waals surface area contributed by atoms with Gasteiger partial charge in [-0.05, 0) is 104 Å². The summed E-state index contributed by atoms with van der Waals surface area (Å²) in [6.07, 6.45) is 11.7. The molecule has 4 heteroatoms. The fraction of sp³-hybridized carbons (Fsp3) is 0.875. The molecule has 1 unspecified atom stereocenters. The molecule has 0 heterocycles. The molecule has 1 N–H and O–H groups in total. The largest absolute Gasteiger partial charge is 0.481 e. The number of hydrogen-bond donors (Lipinski definition) is 1. The van der Waals surface area contributed by atoms with E-state index in [4.69, 9.17) is 4.74 Å². The molecule has 0 spiro atoms. The number of carboxylic acid groups (broad SMARTS) is 1. The van der Waals surface area contributed by atoms with E-state index in [9.17, 15) is 14.7 Å². The third-order valence-electron chi connectivity index (χ3n) is 13.7. The Bertz CT molecular complexity index is 981. The first kappa shape index (κ1) is 26.3. The fourth-order valence-corrected chi connectivity index (χ4v) is 11.2. The first-order valence-corrected chi connectivity index (χ1v) is 14.8. The number of ether oxygens (including phenoxy) is 1. The summed E-state index contributed by atoms with van der Waals surface area (Å²) in [4.78, 5) is 24.7. The molecule has 36 heavy (non-hydrogen) atoms. The van der Waals surface area contributed by atoms with Gasteiger partial charge in [0.05, 0.1) is 5.41 Å². The number of carbonyl (C=O) groups excluding carboxylic acids is 1. The SMILES string of the molecule is CC(=O)OC1CC[C@]2(C)[C@H]3CC=C4[C@H]5[C@H](C)[C@@H](C)CC[C@]5(C(=O)O)CC[C@@]4(C)[C@]3(C)CC[C@H]2C1(C)C. The van der Waals surface area contributed by atoms with Crippen LogP contribution in [-0.4, -0.2) is 23.1 Å². The minimum absolute atomic E-state index is 0.00171. The number of rotatable bonds is 2. The van der Waals surface area contributed by atoms with Crippen LogP contribution < -0.4 is 0 Å². The molecule has 5 aliphatic carbocycles. The summed E-state index contributed by atoms with van der Waals surface area (Å²) in [5.74, 6) is 1.53. The standard InChI is InChI=1S/C32H50O4/c1-19-11-16-32(27(34)35)18-17-30(7)22(26(32)20(19)2)9-10-24-29(6)14-13-25(36-21(3)33)28(4,5)23(29)12-15-31(24,30)8/h9,19-20,23-26H,10-18H2,1-8H3,(H,34,35)/t19-,20+,23-,24+,25?,26+,29-,30+,31+,32-/m0/s1. The highest BCUT2D eigenvalue weighted by molar-refractivity contribution is 5.76. The summed E-state index contributed by atoms with van der Waals surface area (Å²) in [6.45, 7) is 18.5. The monoisotopic (exact) mass is 498 g/mol. The second kappa shape index (κ2) is 8.09. The first-order valence-electron chi connectivity index (χ1n) is 14.8. The summed E-state index contributed by atoms with van der Waals surface area (Å²) in [5.41, 5.74) is 1.30. The number of allylic oxidation sites excluding steroid dienone is 2. The minimum atomic E-state index is -0.578. The van der Waals surface area contributed by atoms with E-state index in [1.165, 1.54) is 12.0 Å². The molecule has 10 atom stereocenters. The van der Waals surface area contributed by atoms with Gasteiger partial charge in [-0.2, -0.15) is 0 Å². The van der Waals surface area contributed by atoms with Gasteiger partial charge in [0.2, 0.25) is 0 Å². The van der Waals surface area contributed by atoms with Gasteiger partial charge >= 0.3 is 11.9 Å². The van der Waals surface area contributed by atoms with Crippen molar-refractivity contribution in [1.82, 2.24) is 0 Å². The fourth-order valence-electron chi connectivity index (χ4n) is 11.2. The Hall–Kier alpha value is -1.32. The molecule has 0 aromatic heterocycles. The van der Waals surface area contributed by atoms with Gasteiger partial charge in [-0.15, -0.1) is 0 Å². The van der Waals surface area contributed by atoms with Crippen LogP contribution >= 0.6 is 0 Å². The summed E-state index contributed by atoms with van der Waals surface area (Å²) in [5, 5.41) is 10.6. The van der Waals surface area contributed by atoms with E-state index < -0.39 is 11.4 Å². The highest BCUT2D eigenvalue weighted by Crippen LogP contribution is 2.75. The number of fused-ring (bicyclic) bond motifs is 7. The Kier molecular flexibility index (Phi) is 5.91. The second-order valence-electron chi connectivity index (χ2n) is 15.1. The average molecular weight is 499 g/mol. The van der Waals surface area contributed by atoms with Crippen molar-refractivity contribution in [1.29, 1.82) is 0 Å². The van der Waals surface area contributed by atoms with Crippen molar-refractivity contribution >= 4 is 11.9 Å². The zero-order valence-corrected chi connectivity index (χ0v) is 24.1. The highest BCUT2D eigenvalue weighted by Gasteiger charge is 2.69.